The molecule has 3 atom stereocenters. The van der Waals surface area contributed by atoms with Gasteiger partial charge in [-0.3, -0.25) is 19.3 Å². The Labute approximate surface area is 173 Å². The second kappa shape index (κ2) is 7.59. The highest BCUT2D eigenvalue weighted by Crippen LogP contribution is 2.40. The third kappa shape index (κ3) is 3.39. The molecule has 0 radical (unpaired) electrons. The molecule has 0 saturated carbocycles. The number of carboxylic acids is 1. The van der Waals surface area contributed by atoms with Crippen LogP contribution in [0.5, 0.6) is 0 Å². The Balaban J connectivity index is 1.55. The van der Waals surface area contributed by atoms with Crippen LogP contribution in [0.15, 0.2) is 60.7 Å². The van der Waals surface area contributed by atoms with Gasteiger partial charge in [0.2, 0.25) is 11.8 Å². The van der Waals surface area contributed by atoms with Crippen molar-refractivity contribution in [3.8, 4) is 0 Å². The fourth-order valence-electron chi connectivity index (χ4n) is 4.09. The predicted octanol–water partition coefficient (Wildman–Crippen LogP) is 3.34. The molecule has 2 aromatic carbocycles. The van der Waals surface area contributed by atoms with Crippen molar-refractivity contribution >= 4 is 35.1 Å². The van der Waals surface area contributed by atoms with Crippen LogP contribution < -0.4 is 10.2 Å². The molecule has 3 amide bonds. The minimum atomic E-state index is -1.05. The molecule has 2 N–H and O–H groups in total. The SMILES string of the molecule is C[C@@H]1C=CC[C@H]2C(=O)N(c3cccc(C(=O)Nc4ccc(C(=O)O)cc4)c3)C(=O)[C@@H]12. The van der Waals surface area contributed by atoms with Crippen molar-refractivity contribution in [2.75, 3.05) is 10.2 Å². The number of carbonyl (C=O) groups is 4. The molecular formula is C23H20N2O5. The van der Waals surface area contributed by atoms with Crippen LogP contribution in [0.3, 0.4) is 0 Å². The summed E-state index contributed by atoms with van der Waals surface area (Å²) >= 11 is 0. The summed E-state index contributed by atoms with van der Waals surface area (Å²) in [6, 6.07) is 12.2. The number of allylic oxidation sites excluding steroid dienone is 2. The minimum Gasteiger partial charge on any atom is -0.478 e. The Morgan fingerprint density at radius 3 is 2.43 bits per heavy atom. The lowest BCUT2D eigenvalue weighted by molar-refractivity contribution is -0.122. The van der Waals surface area contributed by atoms with Gasteiger partial charge in [0.1, 0.15) is 0 Å². The summed E-state index contributed by atoms with van der Waals surface area (Å²) in [7, 11) is 0. The molecule has 0 unspecified atom stereocenters. The average Bonchev–Trinajstić information content (AvgIpc) is 2.99. The summed E-state index contributed by atoms with van der Waals surface area (Å²) in [6.45, 7) is 1.93. The number of carbonyl (C=O) groups excluding carboxylic acids is 3. The summed E-state index contributed by atoms with van der Waals surface area (Å²) < 4.78 is 0. The maximum Gasteiger partial charge on any atom is 0.335 e. The standard InChI is InChI=1S/C23H20N2O5/c1-13-4-2-7-18-19(13)22(28)25(21(18)27)17-6-3-5-15(12-17)20(26)24-16-10-8-14(9-11-16)23(29)30/h2-6,8-13,18-19H,7H2,1H3,(H,24,26)(H,29,30)/t13-,18-,19+/m1/s1. The highest BCUT2D eigenvalue weighted by Gasteiger charge is 2.50. The number of hydrogen-bond acceptors (Lipinski definition) is 4. The molecule has 1 aliphatic heterocycles. The van der Waals surface area contributed by atoms with E-state index in [1.54, 1.807) is 18.2 Å². The van der Waals surface area contributed by atoms with Crippen LogP contribution in [0.1, 0.15) is 34.1 Å². The fraction of sp³-hybridized carbons (Fsp3) is 0.217. The second-order valence-corrected chi connectivity index (χ2v) is 7.55. The van der Waals surface area contributed by atoms with Gasteiger partial charge in [-0.1, -0.05) is 25.1 Å². The van der Waals surface area contributed by atoms with Crippen LogP contribution >= 0.6 is 0 Å². The van der Waals surface area contributed by atoms with E-state index in [2.05, 4.69) is 5.32 Å². The van der Waals surface area contributed by atoms with Crippen LogP contribution in [0.4, 0.5) is 11.4 Å². The van der Waals surface area contributed by atoms with E-state index >= 15 is 0 Å². The molecule has 4 rings (SSSR count). The lowest BCUT2D eigenvalue weighted by Gasteiger charge is -2.22. The molecule has 2 aliphatic rings. The number of nitrogens with one attached hydrogen (secondary N) is 1. The number of carboxylic acid groups (broad SMARTS) is 1. The van der Waals surface area contributed by atoms with E-state index in [0.29, 0.717) is 17.8 Å². The van der Waals surface area contributed by atoms with Crippen molar-refractivity contribution in [1.29, 1.82) is 0 Å². The first kappa shape index (κ1) is 19.6. The van der Waals surface area contributed by atoms with Gasteiger partial charge in [-0.25, -0.2) is 4.79 Å². The molecule has 7 nitrogen and oxygen atoms in total. The Kier molecular flexibility index (Phi) is 4.95. The third-order valence-corrected chi connectivity index (χ3v) is 5.63. The zero-order chi connectivity index (χ0) is 21.4. The quantitative estimate of drug-likeness (QED) is 0.601. The molecule has 1 fully saturated rings. The third-order valence-electron chi connectivity index (χ3n) is 5.63. The molecule has 0 aromatic heterocycles. The molecule has 7 heteroatoms. The van der Waals surface area contributed by atoms with E-state index in [4.69, 9.17) is 5.11 Å². The number of fused-ring (bicyclic) bond motifs is 1. The number of nitrogens with zero attached hydrogens (tertiary/aromatic N) is 1. The summed E-state index contributed by atoms with van der Waals surface area (Å²) in [6.07, 6.45) is 4.46. The minimum absolute atomic E-state index is 0.00884. The predicted molar refractivity (Wildman–Crippen MR) is 110 cm³/mol. The van der Waals surface area contributed by atoms with Crippen LogP contribution in [0.2, 0.25) is 0 Å². The van der Waals surface area contributed by atoms with Crippen LogP contribution in [0.25, 0.3) is 0 Å². The lowest BCUT2D eigenvalue weighted by atomic mass is 9.78. The normalized spacial score (nSPS) is 22.7. The molecule has 1 heterocycles. The van der Waals surface area contributed by atoms with E-state index in [-0.39, 0.29) is 40.7 Å². The van der Waals surface area contributed by atoms with Crippen LogP contribution in [-0.2, 0) is 9.59 Å². The average molecular weight is 404 g/mol. The summed E-state index contributed by atoms with van der Waals surface area (Å²) in [5.74, 6) is -2.68. The van der Waals surface area contributed by atoms with Gasteiger partial charge in [-0.05, 0) is 54.8 Å². The van der Waals surface area contributed by atoms with Gasteiger partial charge in [0.05, 0.1) is 23.1 Å². The number of imide groups is 1. The Morgan fingerprint density at radius 2 is 1.77 bits per heavy atom. The topological polar surface area (TPSA) is 104 Å². The summed E-state index contributed by atoms with van der Waals surface area (Å²) in [5.41, 5.74) is 1.22. The number of anilines is 2. The number of amides is 3. The molecule has 0 spiro atoms. The molecule has 30 heavy (non-hydrogen) atoms. The lowest BCUT2D eigenvalue weighted by Crippen LogP contribution is -2.31. The van der Waals surface area contributed by atoms with E-state index < -0.39 is 11.9 Å². The van der Waals surface area contributed by atoms with Crippen molar-refractivity contribution in [1.82, 2.24) is 0 Å². The van der Waals surface area contributed by atoms with E-state index in [9.17, 15) is 19.2 Å². The maximum absolute atomic E-state index is 12.9. The van der Waals surface area contributed by atoms with Crippen LogP contribution in [0, 0.1) is 17.8 Å². The van der Waals surface area contributed by atoms with E-state index in [1.165, 1.54) is 35.2 Å². The largest absolute Gasteiger partial charge is 0.478 e. The molecule has 152 valence electrons. The molecule has 0 bridgehead atoms. The van der Waals surface area contributed by atoms with Gasteiger partial charge < -0.3 is 10.4 Å². The van der Waals surface area contributed by atoms with Gasteiger partial charge in [0, 0.05) is 11.3 Å². The van der Waals surface area contributed by atoms with Crippen molar-refractivity contribution in [3.63, 3.8) is 0 Å². The van der Waals surface area contributed by atoms with Crippen molar-refractivity contribution < 1.29 is 24.3 Å². The van der Waals surface area contributed by atoms with E-state index in [0.717, 1.165) is 0 Å². The first-order valence-electron chi connectivity index (χ1n) is 9.66. The van der Waals surface area contributed by atoms with Gasteiger partial charge >= 0.3 is 5.97 Å². The maximum atomic E-state index is 12.9. The molecule has 1 aliphatic carbocycles. The van der Waals surface area contributed by atoms with Crippen LogP contribution in [-0.4, -0.2) is 28.8 Å². The Bertz CT molecular complexity index is 1070. The van der Waals surface area contributed by atoms with Crippen molar-refractivity contribution in [3.05, 3.63) is 71.8 Å². The smallest absolute Gasteiger partial charge is 0.335 e. The highest BCUT2D eigenvalue weighted by atomic mass is 16.4. The number of aromatic carboxylic acids is 1. The summed E-state index contributed by atoms with van der Waals surface area (Å²) in [4.78, 5) is 50.6. The zero-order valence-electron chi connectivity index (χ0n) is 16.2. The monoisotopic (exact) mass is 404 g/mol. The first-order valence-corrected chi connectivity index (χ1v) is 9.66. The number of benzene rings is 2. The number of rotatable bonds is 4. The highest BCUT2D eigenvalue weighted by molar-refractivity contribution is 6.22. The Hall–Kier alpha value is -3.74. The zero-order valence-corrected chi connectivity index (χ0v) is 16.2. The molecular weight excluding hydrogens is 384 g/mol. The van der Waals surface area contributed by atoms with E-state index in [1.807, 2.05) is 19.1 Å². The van der Waals surface area contributed by atoms with Gasteiger partial charge in [-0.2, -0.15) is 0 Å². The van der Waals surface area contributed by atoms with Crippen molar-refractivity contribution in [2.24, 2.45) is 17.8 Å². The molecule has 1 saturated heterocycles. The fourth-order valence-corrected chi connectivity index (χ4v) is 4.09. The van der Waals surface area contributed by atoms with Gasteiger partial charge in [0.25, 0.3) is 5.91 Å². The van der Waals surface area contributed by atoms with Gasteiger partial charge in [0.15, 0.2) is 0 Å². The first-order chi connectivity index (χ1) is 14.4. The summed E-state index contributed by atoms with van der Waals surface area (Å²) in [5, 5.41) is 11.6. The van der Waals surface area contributed by atoms with Gasteiger partial charge in [-0.15, -0.1) is 0 Å². The molecule has 2 aromatic rings. The number of hydrogen-bond donors (Lipinski definition) is 2. The van der Waals surface area contributed by atoms with Crippen molar-refractivity contribution in [2.45, 2.75) is 13.3 Å². The Morgan fingerprint density at radius 1 is 1.03 bits per heavy atom. The second-order valence-electron chi connectivity index (χ2n) is 7.55.